The number of fused-ring (bicyclic) bond motifs is 3. The minimum absolute atomic E-state index is 0.0114. The number of nitrogens with one attached hydrogen (secondary N) is 2. The van der Waals surface area contributed by atoms with Crippen molar-refractivity contribution < 1.29 is 19.4 Å². The van der Waals surface area contributed by atoms with Gasteiger partial charge in [-0.25, -0.2) is 5.43 Å². The van der Waals surface area contributed by atoms with Crippen molar-refractivity contribution in [3.05, 3.63) is 119 Å². The van der Waals surface area contributed by atoms with Crippen molar-refractivity contribution in [2.75, 3.05) is 87.4 Å². The second-order valence-corrected chi connectivity index (χ2v) is 21.8. The molecule has 3 N–H and O–H groups in total. The number of rotatable bonds is 14. The summed E-state index contributed by atoms with van der Waals surface area (Å²) in [4.78, 5) is 29.7. The number of hydrogen-bond acceptors (Lipinski definition) is 11. The van der Waals surface area contributed by atoms with Gasteiger partial charge in [0.15, 0.2) is 0 Å². The van der Waals surface area contributed by atoms with Crippen molar-refractivity contribution in [1.29, 1.82) is 0 Å². The van der Waals surface area contributed by atoms with E-state index in [-0.39, 0.29) is 48.0 Å². The molecule has 5 heterocycles. The van der Waals surface area contributed by atoms with Crippen LogP contribution in [0.2, 0.25) is 0 Å². The third kappa shape index (κ3) is 11.1. The standard InChI is InChI=1S/C58H80N8O4/c1-9-65-53-20-17-44(33-49(53)51(35-58(6,7)38-67)55(65)50-34-48(36-59-54(50)41(5)69-8)63-25-23-62(24-26-63)47-18-19-47)45-30-42-29-43(31-45)37-64(46-15-11-10-12-16-46)27-28-70-56(39(2)3)57(68)61-52(32-42)40(4)66-22-14-13-21-60-66/h10-12,15-17,20,29-31,33-34,36,39,41,47,51-52,55-56,60,67H,4,9,13-14,18-19,21-28,32,35,37-38H2,1-3,5-8H3,(H,61,68)/t41?,51?,52?,55?,56-/m0/s1. The zero-order valence-electron chi connectivity index (χ0n) is 43.1. The van der Waals surface area contributed by atoms with Crippen molar-refractivity contribution in [2.45, 2.75) is 123 Å². The smallest absolute Gasteiger partial charge is 0.249 e. The number of aliphatic hydroxyl groups is 1. The van der Waals surface area contributed by atoms with E-state index in [1.165, 1.54) is 40.9 Å². The van der Waals surface area contributed by atoms with E-state index < -0.39 is 6.10 Å². The lowest BCUT2D eigenvalue weighted by Crippen LogP contribution is -2.52. The number of amides is 1. The van der Waals surface area contributed by atoms with Gasteiger partial charge in [-0.3, -0.25) is 14.7 Å². The highest BCUT2D eigenvalue weighted by atomic mass is 16.5. The molecule has 3 fully saturated rings. The minimum atomic E-state index is -0.599. The molecule has 70 heavy (non-hydrogen) atoms. The molecule has 5 atom stereocenters. The van der Waals surface area contributed by atoms with E-state index in [9.17, 15) is 9.90 Å². The molecule has 5 aliphatic rings. The Balaban J connectivity index is 1.13. The number of anilines is 3. The summed E-state index contributed by atoms with van der Waals surface area (Å²) in [5, 5.41) is 16.5. The van der Waals surface area contributed by atoms with Gasteiger partial charge in [0.05, 0.1) is 42.4 Å². The molecule has 2 bridgehead atoms. The fourth-order valence-electron chi connectivity index (χ4n) is 11.6. The van der Waals surface area contributed by atoms with Crippen LogP contribution < -0.4 is 25.4 Å². The fraction of sp³-hybridized carbons (Fsp3) is 0.552. The lowest BCUT2D eigenvalue weighted by atomic mass is 9.76. The number of aliphatic hydroxyl groups excluding tert-OH is 1. The monoisotopic (exact) mass is 953 g/mol. The SMILES string of the molecule is C=C(C1Cc2cc(cc(-c3ccc4c(c3)C(CC(C)(C)CO)C(c3cc(N5CCN(C6CC6)CC5)cnc3C(C)OC)N4CC)c2)CN(c2ccccc2)CCO[C@@H](C(C)C)C(=O)N1)N1CCCCN1. The zero-order valence-corrected chi connectivity index (χ0v) is 43.1. The summed E-state index contributed by atoms with van der Waals surface area (Å²) in [6.45, 7) is 26.0. The number of ether oxygens (including phenoxy) is 2. The number of hydrazine groups is 1. The molecule has 1 aromatic heterocycles. The van der Waals surface area contributed by atoms with Gasteiger partial charge in [-0.15, -0.1) is 0 Å². The maximum absolute atomic E-state index is 14.3. The van der Waals surface area contributed by atoms with E-state index in [0.29, 0.717) is 26.1 Å². The quantitative estimate of drug-likeness (QED) is 0.113. The average molecular weight is 953 g/mol. The lowest BCUT2D eigenvalue weighted by molar-refractivity contribution is -0.136. The third-order valence-electron chi connectivity index (χ3n) is 15.7. The number of hydrogen-bond donors (Lipinski definition) is 3. The van der Waals surface area contributed by atoms with Crippen LogP contribution >= 0.6 is 0 Å². The number of carbonyl (C=O) groups excluding carboxylic acids is 1. The van der Waals surface area contributed by atoms with Gasteiger partial charge in [0.1, 0.15) is 6.10 Å². The molecule has 1 amide bonds. The van der Waals surface area contributed by atoms with E-state index >= 15 is 0 Å². The van der Waals surface area contributed by atoms with Crippen LogP contribution in [0.15, 0.2) is 91.3 Å². The summed E-state index contributed by atoms with van der Waals surface area (Å²) < 4.78 is 12.6. The van der Waals surface area contributed by atoms with Crippen LogP contribution in [0.5, 0.6) is 0 Å². The maximum atomic E-state index is 14.3. The molecule has 3 aromatic carbocycles. The number of piperazine rings is 1. The first-order chi connectivity index (χ1) is 33.8. The molecular formula is C58H80N8O4. The van der Waals surface area contributed by atoms with Crippen molar-refractivity contribution in [2.24, 2.45) is 11.3 Å². The van der Waals surface area contributed by atoms with Crippen LogP contribution in [-0.4, -0.2) is 117 Å². The lowest BCUT2D eigenvalue weighted by Gasteiger charge is -2.38. The van der Waals surface area contributed by atoms with Crippen molar-refractivity contribution in [1.82, 2.24) is 25.6 Å². The highest BCUT2D eigenvalue weighted by Crippen LogP contribution is 2.55. The Kier molecular flexibility index (Phi) is 15.6. The van der Waals surface area contributed by atoms with Crippen LogP contribution in [-0.2, 0) is 27.2 Å². The molecule has 376 valence electrons. The highest BCUT2D eigenvalue weighted by Gasteiger charge is 2.44. The molecule has 0 radical (unpaired) electrons. The summed E-state index contributed by atoms with van der Waals surface area (Å²) in [6, 6.07) is 27.5. The van der Waals surface area contributed by atoms with E-state index in [1.54, 1.807) is 7.11 Å². The minimum Gasteiger partial charge on any atom is -0.396 e. The molecule has 2 saturated heterocycles. The first kappa shape index (κ1) is 50.0. The van der Waals surface area contributed by atoms with Gasteiger partial charge in [0.25, 0.3) is 0 Å². The van der Waals surface area contributed by atoms with Gasteiger partial charge < -0.3 is 39.6 Å². The predicted octanol–water partition coefficient (Wildman–Crippen LogP) is 9.02. The Morgan fingerprint density at radius 1 is 0.900 bits per heavy atom. The fourth-order valence-corrected chi connectivity index (χ4v) is 11.6. The Hall–Kier alpha value is -4.98. The maximum Gasteiger partial charge on any atom is 0.249 e. The summed E-state index contributed by atoms with van der Waals surface area (Å²) >= 11 is 0. The van der Waals surface area contributed by atoms with Crippen molar-refractivity contribution in [3.63, 3.8) is 0 Å². The number of nitrogens with zero attached hydrogens (tertiary/aromatic N) is 6. The van der Waals surface area contributed by atoms with Crippen LogP contribution in [0, 0.1) is 11.3 Å². The Morgan fingerprint density at radius 2 is 1.67 bits per heavy atom. The molecule has 9 rings (SSSR count). The topological polar surface area (TPSA) is 109 Å². The number of carbonyl (C=O) groups is 1. The molecule has 4 unspecified atom stereocenters. The van der Waals surface area contributed by atoms with Crippen LogP contribution in [0.1, 0.15) is 120 Å². The molecule has 12 heteroatoms. The van der Waals surface area contributed by atoms with E-state index in [1.807, 2.05) is 0 Å². The van der Waals surface area contributed by atoms with Gasteiger partial charge in [-0.1, -0.05) is 70.7 Å². The van der Waals surface area contributed by atoms with Crippen LogP contribution in [0.4, 0.5) is 17.1 Å². The number of methoxy groups -OCH3 is 1. The second kappa shape index (κ2) is 21.8. The zero-order chi connectivity index (χ0) is 49.1. The molecular weight excluding hydrogens is 873 g/mol. The Morgan fingerprint density at radius 3 is 2.36 bits per heavy atom. The van der Waals surface area contributed by atoms with E-state index in [2.05, 4.69) is 162 Å². The van der Waals surface area contributed by atoms with Crippen molar-refractivity contribution in [3.8, 4) is 11.1 Å². The number of likely N-dealkylation sites (N-methyl/N-ethyl adjacent to an activating group) is 1. The van der Waals surface area contributed by atoms with Gasteiger partial charge in [-0.2, -0.15) is 0 Å². The highest BCUT2D eigenvalue weighted by molar-refractivity contribution is 5.82. The van der Waals surface area contributed by atoms with Gasteiger partial charge >= 0.3 is 0 Å². The number of para-hydroxylation sites is 1. The third-order valence-corrected chi connectivity index (χ3v) is 15.7. The molecule has 4 aliphatic heterocycles. The molecule has 4 aromatic rings. The summed E-state index contributed by atoms with van der Waals surface area (Å²) in [6.07, 6.45) is 7.48. The van der Waals surface area contributed by atoms with Crippen LogP contribution in [0.3, 0.4) is 0 Å². The average Bonchev–Trinajstić information content (AvgIpc) is 4.19. The molecule has 1 aliphatic carbocycles. The molecule has 0 spiro atoms. The van der Waals surface area contributed by atoms with E-state index in [4.69, 9.17) is 14.5 Å². The summed E-state index contributed by atoms with van der Waals surface area (Å²) in [5.74, 6) is -0.0523. The molecule has 12 nitrogen and oxygen atoms in total. The molecule has 1 saturated carbocycles. The normalized spacial score (nSPS) is 23.4. The largest absolute Gasteiger partial charge is 0.396 e. The van der Waals surface area contributed by atoms with Crippen molar-refractivity contribution >= 4 is 23.0 Å². The number of aromatic nitrogens is 1. The second-order valence-electron chi connectivity index (χ2n) is 21.8. The van der Waals surface area contributed by atoms with Gasteiger partial charge in [0.2, 0.25) is 5.91 Å². The Labute approximate surface area is 418 Å². The first-order valence-electron chi connectivity index (χ1n) is 26.4. The first-order valence-corrected chi connectivity index (χ1v) is 26.4. The van der Waals surface area contributed by atoms with Gasteiger partial charge in [-0.05, 0) is 128 Å². The number of benzene rings is 3. The van der Waals surface area contributed by atoms with E-state index in [0.717, 1.165) is 105 Å². The number of pyridine rings is 1. The predicted molar refractivity (Wildman–Crippen MR) is 283 cm³/mol. The summed E-state index contributed by atoms with van der Waals surface area (Å²) in [5.41, 5.74) is 15.7. The van der Waals surface area contributed by atoms with Gasteiger partial charge in [0, 0.05) is 107 Å². The van der Waals surface area contributed by atoms with Crippen LogP contribution in [0.25, 0.3) is 11.1 Å². The Bertz CT molecular complexity index is 2430. The summed E-state index contributed by atoms with van der Waals surface area (Å²) in [7, 11) is 1.78.